The highest BCUT2D eigenvalue weighted by Gasteiger charge is 2.34. The van der Waals surface area contributed by atoms with Gasteiger partial charge in [-0.3, -0.25) is 4.79 Å². The van der Waals surface area contributed by atoms with Gasteiger partial charge < -0.3 is 15.0 Å². The average Bonchev–Trinajstić information content (AvgIpc) is 2.74. The summed E-state index contributed by atoms with van der Waals surface area (Å²) in [6.07, 6.45) is 2.07. The zero-order chi connectivity index (χ0) is 13.2. The van der Waals surface area contributed by atoms with Crippen molar-refractivity contribution < 1.29 is 9.53 Å². The van der Waals surface area contributed by atoms with E-state index >= 15 is 0 Å². The van der Waals surface area contributed by atoms with Crippen LogP contribution in [-0.2, 0) is 9.53 Å². The third-order valence-electron chi connectivity index (χ3n) is 3.87. The van der Waals surface area contributed by atoms with Crippen LogP contribution in [0, 0.1) is 0 Å². The van der Waals surface area contributed by atoms with Crippen molar-refractivity contribution in [3.8, 4) is 0 Å². The largest absolute Gasteiger partial charge is 0.380 e. The number of ether oxygens (including phenoxy) is 1. The molecule has 2 atom stereocenters. The molecule has 2 rings (SSSR count). The van der Waals surface area contributed by atoms with Gasteiger partial charge in [0, 0.05) is 37.2 Å². The van der Waals surface area contributed by atoms with Gasteiger partial charge in [0.2, 0.25) is 5.91 Å². The van der Waals surface area contributed by atoms with Gasteiger partial charge in [0.15, 0.2) is 0 Å². The average molecular weight is 272 g/mol. The first kappa shape index (κ1) is 14.2. The van der Waals surface area contributed by atoms with Crippen LogP contribution in [0.2, 0.25) is 0 Å². The summed E-state index contributed by atoms with van der Waals surface area (Å²) in [5.74, 6) is 1.30. The molecule has 104 valence electrons. The normalized spacial score (nSPS) is 32.3. The summed E-state index contributed by atoms with van der Waals surface area (Å²) in [6, 6.07) is -0.0406. The molecule has 0 saturated carbocycles. The Morgan fingerprint density at radius 2 is 2.22 bits per heavy atom. The van der Waals surface area contributed by atoms with E-state index in [0.717, 1.165) is 38.2 Å². The molecular weight excluding hydrogens is 248 g/mol. The molecule has 2 saturated heterocycles. The van der Waals surface area contributed by atoms with Crippen molar-refractivity contribution in [2.45, 2.75) is 43.6 Å². The van der Waals surface area contributed by atoms with Gasteiger partial charge in [-0.15, -0.1) is 0 Å². The molecule has 4 nitrogen and oxygen atoms in total. The molecule has 2 fully saturated rings. The lowest BCUT2D eigenvalue weighted by molar-refractivity contribution is -0.133. The number of carbonyl (C=O) groups excluding carboxylic acids is 1. The highest BCUT2D eigenvalue weighted by Crippen LogP contribution is 2.31. The van der Waals surface area contributed by atoms with Crippen LogP contribution in [0.5, 0.6) is 0 Å². The summed E-state index contributed by atoms with van der Waals surface area (Å²) in [6.45, 7) is 7.08. The van der Waals surface area contributed by atoms with Gasteiger partial charge in [0.1, 0.15) is 0 Å². The van der Waals surface area contributed by atoms with Gasteiger partial charge in [0.25, 0.3) is 0 Å². The molecule has 18 heavy (non-hydrogen) atoms. The van der Waals surface area contributed by atoms with Crippen molar-refractivity contribution >= 4 is 17.7 Å². The maximum atomic E-state index is 12.4. The van der Waals surface area contributed by atoms with Crippen LogP contribution in [0.25, 0.3) is 0 Å². The van der Waals surface area contributed by atoms with Crippen LogP contribution < -0.4 is 5.32 Å². The molecule has 0 aromatic heterocycles. The molecule has 1 N–H and O–H groups in total. The summed E-state index contributed by atoms with van der Waals surface area (Å²) in [5.41, 5.74) is 0. The van der Waals surface area contributed by atoms with E-state index in [2.05, 4.69) is 19.2 Å². The molecule has 0 bridgehead atoms. The molecule has 2 aliphatic rings. The number of hydrogen-bond donors (Lipinski definition) is 1. The molecule has 5 heteroatoms. The van der Waals surface area contributed by atoms with Crippen molar-refractivity contribution in [1.29, 1.82) is 0 Å². The van der Waals surface area contributed by atoms with Gasteiger partial charge in [0.05, 0.1) is 12.1 Å². The molecule has 0 aliphatic carbocycles. The lowest BCUT2D eigenvalue weighted by Gasteiger charge is -2.25. The van der Waals surface area contributed by atoms with E-state index in [1.54, 1.807) is 7.11 Å². The monoisotopic (exact) mass is 272 g/mol. The molecule has 0 aromatic carbocycles. The summed E-state index contributed by atoms with van der Waals surface area (Å²) >= 11 is 1.97. The van der Waals surface area contributed by atoms with E-state index in [1.165, 1.54) is 0 Å². The number of nitrogens with one attached hydrogen (secondary N) is 1. The first-order valence-corrected chi connectivity index (χ1v) is 7.69. The first-order chi connectivity index (χ1) is 8.52. The Balaban J connectivity index is 1.89. The quantitative estimate of drug-likeness (QED) is 0.817. The fourth-order valence-electron chi connectivity index (χ4n) is 2.53. The zero-order valence-electron chi connectivity index (χ0n) is 11.6. The fraction of sp³-hybridized carbons (Fsp3) is 0.923. The van der Waals surface area contributed by atoms with Crippen LogP contribution in [-0.4, -0.2) is 60.2 Å². The molecule has 2 heterocycles. The predicted molar refractivity (Wildman–Crippen MR) is 74.9 cm³/mol. The minimum atomic E-state index is -0.0406. The smallest absolute Gasteiger partial charge is 0.239 e. The molecule has 2 unspecified atom stereocenters. The Morgan fingerprint density at radius 1 is 1.44 bits per heavy atom. The molecule has 2 aliphatic heterocycles. The molecule has 0 radical (unpaired) electrons. The SMILES string of the molecule is COC1CNC(C(=O)N2CCSC(C)(C)CC2)C1. The molecular formula is C13H24N2O2S. The summed E-state index contributed by atoms with van der Waals surface area (Å²) in [4.78, 5) is 14.4. The highest BCUT2D eigenvalue weighted by atomic mass is 32.2. The second-order valence-electron chi connectivity index (χ2n) is 5.74. The zero-order valence-corrected chi connectivity index (χ0v) is 12.4. The van der Waals surface area contributed by atoms with Crippen LogP contribution in [0.15, 0.2) is 0 Å². The van der Waals surface area contributed by atoms with Gasteiger partial charge in [-0.2, -0.15) is 11.8 Å². The van der Waals surface area contributed by atoms with E-state index in [1.807, 2.05) is 16.7 Å². The number of rotatable bonds is 2. The van der Waals surface area contributed by atoms with Crippen LogP contribution in [0.1, 0.15) is 26.7 Å². The molecule has 1 amide bonds. The number of nitrogens with zero attached hydrogens (tertiary/aromatic N) is 1. The number of thioether (sulfide) groups is 1. The second kappa shape index (κ2) is 5.80. The lowest BCUT2D eigenvalue weighted by atomic mass is 10.1. The third-order valence-corrected chi connectivity index (χ3v) is 5.24. The second-order valence-corrected chi connectivity index (χ2v) is 7.54. The minimum Gasteiger partial charge on any atom is -0.380 e. The van der Waals surface area contributed by atoms with Gasteiger partial charge in [-0.1, -0.05) is 13.8 Å². The van der Waals surface area contributed by atoms with Crippen LogP contribution in [0.4, 0.5) is 0 Å². The number of amides is 1. The maximum absolute atomic E-state index is 12.4. The predicted octanol–water partition coefficient (Wildman–Crippen LogP) is 1.11. The summed E-state index contributed by atoms with van der Waals surface area (Å²) in [5, 5.41) is 3.27. The standard InChI is InChI=1S/C13H24N2O2S/c1-13(2)4-5-15(6-7-18-13)12(16)11-8-10(17-3)9-14-11/h10-11,14H,4-9H2,1-3H3. The van der Waals surface area contributed by atoms with Crippen molar-refractivity contribution in [2.75, 3.05) is 32.5 Å². The summed E-state index contributed by atoms with van der Waals surface area (Å²) < 4.78 is 5.60. The van der Waals surface area contributed by atoms with Crippen LogP contribution in [0.3, 0.4) is 0 Å². The topological polar surface area (TPSA) is 41.6 Å². The van der Waals surface area contributed by atoms with Crippen LogP contribution >= 0.6 is 11.8 Å². The van der Waals surface area contributed by atoms with Gasteiger partial charge >= 0.3 is 0 Å². The molecule has 0 spiro atoms. The molecule has 0 aromatic rings. The third kappa shape index (κ3) is 3.39. The van der Waals surface area contributed by atoms with E-state index in [-0.39, 0.29) is 18.1 Å². The van der Waals surface area contributed by atoms with E-state index in [0.29, 0.717) is 4.75 Å². The van der Waals surface area contributed by atoms with E-state index in [4.69, 9.17) is 4.74 Å². The Morgan fingerprint density at radius 3 is 2.89 bits per heavy atom. The number of hydrogen-bond acceptors (Lipinski definition) is 4. The minimum absolute atomic E-state index is 0.0406. The number of carbonyl (C=O) groups is 1. The highest BCUT2D eigenvalue weighted by molar-refractivity contribution is 8.00. The maximum Gasteiger partial charge on any atom is 0.239 e. The van der Waals surface area contributed by atoms with Gasteiger partial charge in [-0.25, -0.2) is 0 Å². The first-order valence-electron chi connectivity index (χ1n) is 6.71. The Hall–Kier alpha value is -0.260. The van der Waals surface area contributed by atoms with Crippen molar-refractivity contribution in [1.82, 2.24) is 10.2 Å². The van der Waals surface area contributed by atoms with E-state index < -0.39 is 0 Å². The van der Waals surface area contributed by atoms with Crippen molar-refractivity contribution in [3.63, 3.8) is 0 Å². The number of methoxy groups -OCH3 is 1. The lowest BCUT2D eigenvalue weighted by Crippen LogP contribution is -2.44. The Kier molecular flexibility index (Phi) is 4.56. The van der Waals surface area contributed by atoms with Crippen molar-refractivity contribution in [3.05, 3.63) is 0 Å². The Bertz CT molecular complexity index is 309. The van der Waals surface area contributed by atoms with Crippen molar-refractivity contribution in [2.24, 2.45) is 0 Å². The summed E-state index contributed by atoms with van der Waals surface area (Å²) in [7, 11) is 1.71. The Labute approximate surface area is 114 Å². The fourth-order valence-corrected chi connectivity index (χ4v) is 3.63. The van der Waals surface area contributed by atoms with Gasteiger partial charge in [-0.05, 0) is 12.8 Å². The van der Waals surface area contributed by atoms with E-state index in [9.17, 15) is 4.79 Å².